The maximum absolute atomic E-state index is 12.6. The van der Waals surface area contributed by atoms with Gasteiger partial charge in [-0.2, -0.15) is 5.26 Å². The summed E-state index contributed by atoms with van der Waals surface area (Å²) >= 11 is 6.09. The molecule has 10 heteroatoms. The number of hydrogen-bond acceptors (Lipinski definition) is 6. The molecule has 36 heavy (non-hydrogen) atoms. The molecule has 2 N–H and O–H groups in total. The molecular formula is C26H21ClN4O5. The number of nitro groups is 1. The molecule has 182 valence electrons. The second-order valence-corrected chi connectivity index (χ2v) is 8.19. The normalized spacial score (nSPS) is 10.8. The molecule has 0 atom stereocenters. The number of nitrogens with one attached hydrogen (secondary N) is 2. The van der Waals surface area contributed by atoms with Crippen molar-refractivity contribution in [2.75, 3.05) is 17.2 Å². The van der Waals surface area contributed by atoms with Crippen molar-refractivity contribution in [3.63, 3.8) is 0 Å². The molecular weight excluding hydrogens is 484 g/mol. The standard InChI is InChI=1S/C26H21ClN4O5/c1-16-6-8-22(10-17(16)2)29-25(32)15-36-24-9-7-20(27)12-18(24)11-19(14-28)26(33)30-21-4-3-5-23(13-21)31(34)35/h3-13H,15H2,1-2H3,(H,29,32)(H,30,33)/b19-11-. The molecule has 9 nitrogen and oxygen atoms in total. The number of hydrogen-bond donors (Lipinski definition) is 2. The van der Waals surface area contributed by atoms with Gasteiger partial charge >= 0.3 is 0 Å². The zero-order valence-electron chi connectivity index (χ0n) is 19.4. The molecule has 0 saturated carbocycles. The SMILES string of the molecule is Cc1ccc(NC(=O)COc2ccc(Cl)cc2/C=C(/C#N)C(=O)Nc2cccc([N+](=O)[O-])c2)cc1C. The van der Waals surface area contributed by atoms with Crippen molar-refractivity contribution in [2.45, 2.75) is 13.8 Å². The molecule has 0 bridgehead atoms. The van der Waals surface area contributed by atoms with E-state index in [1.165, 1.54) is 42.5 Å². The predicted octanol–water partition coefficient (Wildman–Crippen LogP) is 5.43. The van der Waals surface area contributed by atoms with Gasteiger partial charge in [-0.3, -0.25) is 19.7 Å². The van der Waals surface area contributed by atoms with Gasteiger partial charge < -0.3 is 15.4 Å². The Labute approximate surface area is 212 Å². The van der Waals surface area contributed by atoms with E-state index < -0.39 is 16.7 Å². The van der Waals surface area contributed by atoms with Gasteiger partial charge in [0, 0.05) is 34.1 Å². The van der Waals surface area contributed by atoms with Crippen molar-refractivity contribution in [3.05, 3.63) is 98.1 Å². The quantitative estimate of drug-likeness (QED) is 0.182. The average molecular weight is 505 g/mol. The van der Waals surface area contributed by atoms with Gasteiger partial charge in [-0.1, -0.05) is 23.7 Å². The Morgan fingerprint density at radius 2 is 1.81 bits per heavy atom. The lowest BCUT2D eigenvalue weighted by Gasteiger charge is -2.11. The number of carbonyl (C=O) groups is 2. The first-order valence-electron chi connectivity index (χ1n) is 10.6. The molecule has 0 unspecified atom stereocenters. The average Bonchev–Trinajstić information content (AvgIpc) is 2.84. The molecule has 0 spiro atoms. The van der Waals surface area contributed by atoms with Crippen LogP contribution in [-0.4, -0.2) is 23.3 Å². The van der Waals surface area contributed by atoms with Gasteiger partial charge in [0.05, 0.1) is 4.92 Å². The molecule has 0 fully saturated rings. The number of benzene rings is 3. The fourth-order valence-corrected chi connectivity index (χ4v) is 3.30. The third-order valence-corrected chi connectivity index (χ3v) is 5.34. The van der Waals surface area contributed by atoms with Gasteiger partial charge in [-0.05, 0) is 67.4 Å². The number of aryl methyl sites for hydroxylation is 2. The molecule has 0 aliphatic carbocycles. The summed E-state index contributed by atoms with van der Waals surface area (Å²) in [5.74, 6) is -0.950. The topological polar surface area (TPSA) is 134 Å². The first kappa shape index (κ1) is 25.9. The van der Waals surface area contributed by atoms with Crippen LogP contribution in [0.25, 0.3) is 6.08 Å². The highest BCUT2D eigenvalue weighted by Crippen LogP contribution is 2.26. The highest BCUT2D eigenvalue weighted by molar-refractivity contribution is 6.30. The van der Waals surface area contributed by atoms with Crippen molar-refractivity contribution in [3.8, 4) is 11.8 Å². The molecule has 2 amide bonds. The Bertz CT molecular complexity index is 1410. The first-order valence-corrected chi connectivity index (χ1v) is 11.0. The van der Waals surface area contributed by atoms with Gasteiger partial charge in [-0.15, -0.1) is 0 Å². The summed E-state index contributed by atoms with van der Waals surface area (Å²) in [7, 11) is 0. The predicted molar refractivity (Wildman–Crippen MR) is 137 cm³/mol. The van der Waals surface area contributed by atoms with Crippen molar-refractivity contribution in [1.82, 2.24) is 0 Å². The van der Waals surface area contributed by atoms with Crippen LogP contribution >= 0.6 is 11.6 Å². The molecule has 0 heterocycles. The third kappa shape index (κ3) is 6.91. The van der Waals surface area contributed by atoms with E-state index in [2.05, 4.69) is 10.6 Å². The first-order chi connectivity index (χ1) is 17.2. The molecule has 0 aliphatic heterocycles. The number of anilines is 2. The molecule has 3 aromatic carbocycles. The minimum atomic E-state index is -0.781. The van der Waals surface area contributed by atoms with E-state index in [4.69, 9.17) is 16.3 Å². The Morgan fingerprint density at radius 3 is 2.50 bits per heavy atom. The zero-order valence-corrected chi connectivity index (χ0v) is 20.1. The largest absolute Gasteiger partial charge is 0.483 e. The highest BCUT2D eigenvalue weighted by atomic mass is 35.5. The fourth-order valence-electron chi connectivity index (χ4n) is 3.12. The number of amides is 2. The summed E-state index contributed by atoms with van der Waals surface area (Å²) in [4.78, 5) is 35.4. The smallest absolute Gasteiger partial charge is 0.271 e. The number of nitro benzene ring substituents is 1. The number of non-ortho nitro benzene ring substituents is 1. The highest BCUT2D eigenvalue weighted by Gasteiger charge is 2.14. The summed E-state index contributed by atoms with van der Waals surface area (Å²) in [6.07, 6.45) is 1.26. The Hall–Kier alpha value is -4.68. The Kier molecular flexibility index (Phi) is 8.39. The van der Waals surface area contributed by atoms with E-state index in [-0.39, 0.29) is 29.3 Å². The minimum absolute atomic E-state index is 0.154. The van der Waals surface area contributed by atoms with Gasteiger partial charge in [0.2, 0.25) is 0 Å². The summed E-state index contributed by atoms with van der Waals surface area (Å²) in [5.41, 5.74) is 2.71. The zero-order chi connectivity index (χ0) is 26.2. The fraction of sp³-hybridized carbons (Fsp3) is 0.115. The van der Waals surface area contributed by atoms with Crippen LogP contribution in [0.5, 0.6) is 5.75 Å². The molecule has 0 saturated heterocycles. The van der Waals surface area contributed by atoms with Crippen LogP contribution in [0.3, 0.4) is 0 Å². The maximum atomic E-state index is 12.6. The van der Waals surface area contributed by atoms with Crippen molar-refractivity contribution >= 4 is 46.6 Å². The number of ether oxygens (including phenoxy) is 1. The van der Waals surface area contributed by atoms with Crippen molar-refractivity contribution in [1.29, 1.82) is 5.26 Å². The lowest BCUT2D eigenvalue weighted by Crippen LogP contribution is -2.20. The number of nitriles is 1. The van der Waals surface area contributed by atoms with Crippen molar-refractivity contribution < 1.29 is 19.2 Å². The van der Waals surface area contributed by atoms with E-state index in [1.807, 2.05) is 26.0 Å². The Balaban J connectivity index is 1.75. The van der Waals surface area contributed by atoms with Crippen LogP contribution in [0.1, 0.15) is 16.7 Å². The van der Waals surface area contributed by atoms with E-state index in [0.29, 0.717) is 16.3 Å². The van der Waals surface area contributed by atoms with Gasteiger partial charge in [0.25, 0.3) is 17.5 Å². The molecule has 3 rings (SSSR count). The molecule has 0 aliphatic rings. The van der Waals surface area contributed by atoms with Crippen LogP contribution in [0.4, 0.5) is 17.1 Å². The lowest BCUT2D eigenvalue weighted by molar-refractivity contribution is -0.384. The summed E-state index contributed by atoms with van der Waals surface area (Å²) < 4.78 is 5.63. The van der Waals surface area contributed by atoms with Crippen LogP contribution in [0.15, 0.2) is 66.2 Å². The number of nitrogens with zero attached hydrogens (tertiary/aromatic N) is 2. The minimum Gasteiger partial charge on any atom is -0.483 e. The van der Waals surface area contributed by atoms with Crippen LogP contribution < -0.4 is 15.4 Å². The summed E-state index contributed by atoms with van der Waals surface area (Å²) in [5, 5.41) is 26.0. The third-order valence-electron chi connectivity index (χ3n) is 5.10. The van der Waals surface area contributed by atoms with Gasteiger partial charge in [-0.25, -0.2) is 0 Å². The van der Waals surface area contributed by atoms with E-state index >= 15 is 0 Å². The molecule has 3 aromatic rings. The molecule has 0 aromatic heterocycles. The lowest BCUT2D eigenvalue weighted by atomic mass is 10.1. The van der Waals surface area contributed by atoms with Crippen LogP contribution in [0, 0.1) is 35.3 Å². The van der Waals surface area contributed by atoms with E-state index in [0.717, 1.165) is 11.1 Å². The Morgan fingerprint density at radius 1 is 1.06 bits per heavy atom. The second kappa shape index (κ2) is 11.6. The maximum Gasteiger partial charge on any atom is 0.271 e. The number of rotatable bonds is 8. The second-order valence-electron chi connectivity index (χ2n) is 7.75. The van der Waals surface area contributed by atoms with Gasteiger partial charge in [0.15, 0.2) is 6.61 Å². The molecule has 0 radical (unpaired) electrons. The van der Waals surface area contributed by atoms with Gasteiger partial charge in [0.1, 0.15) is 17.4 Å². The summed E-state index contributed by atoms with van der Waals surface area (Å²) in [6.45, 7) is 3.59. The summed E-state index contributed by atoms with van der Waals surface area (Å²) in [6, 6.07) is 17.2. The number of carbonyl (C=O) groups excluding carboxylic acids is 2. The number of halogens is 1. The van der Waals surface area contributed by atoms with E-state index in [1.54, 1.807) is 18.2 Å². The monoisotopic (exact) mass is 504 g/mol. The van der Waals surface area contributed by atoms with E-state index in [9.17, 15) is 25.0 Å². The van der Waals surface area contributed by atoms with Crippen LogP contribution in [0.2, 0.25) is 5.02 Å². The van der Waals surface area contributed by atoms with Crippen molar-refractivity contribution in [2.24, 2.45) is 0 Å². The van der Waals surface area contributed by atoms with Crippen LogP contribution in [-0.2, 0) is 9.59 Å².